The second-order valence-electron chi connectivity index (χ2n) is 6.03. The van der Waals surface area contributed by atoms with E-state index in [2.05, 4.69) is 0 Å². The minimum Gasteiger partial charge on any atom is -0.872 e. The summed E-state index contributed by atoms with van der Waals surface area (Å²) in [6.07, 6.45) is 0. The molecule has 2 aliphatic heterocycles. The van der Waals surface area contributed by atoms with Gasteiger partial charge >= 0.3 is 109 Å². The normalized spacial score (nSPS) is 14.6. The maximum absolute atomic E-state index is 12.5. The van der Waals surface area contributed by atoms with Crippen LogP contribution in [0.3, 0.4) is 0 Å². The fourth-order valence-electron chi connectivity index (χ4n) is 3.64. The van der Waals surface area contributed by atoms with Crippen LogP contribution in [0.4, 0.5) is 0 Å². The number of hydrogen-bond donors (Lipinski definition) is 0. The molecular weight excluding hydrogens is 398 g/mol. The molecule has 3 aromatic rings. The van der Waals surface area contributed by atoms with Gasteiger partial charge in [-0.15, -0.1) is 11.5 Å². The smallest absolute Gasteiger partial charge is 0.872 e. The van der Waals surface area contributed by atoms with Crippen LogP contribution >= 0.6 is 0 Å². The number of fused-ring (bicyclic) bond motifs is 6. The Morgan fingerprint density at radius 3 is 1.89 bits per heavy atom. The van der Waals surface area contributed by atoms with Crippen LogP contribution in [0, 0.1) is 0 Å². The second kappa shape index (κ2) is 7.91. The number of hydrogen-bond acceptors (Lipinski definition) is 5. The van der Waals surface area contributed by atoms with Crippen molar-refractivity contribution in [3.63, 3.8) is 0 Å². The molecule has 122 valence electrons. The zero-order valence-electron chi connectivity index (χ0n) is 14.8. The Balaban J connectivity index is 0.00000105. The van der Waals surface area contributed by atoms with Crippen LogP contribution in [0.15, 0.2) is 60.7 Å². The van der Waals surface area contributed by atoms with Crippen molar-refractivity contribution < 1.29 is 127 Å². The molecule has 0 aromatic heterocycles. The molecule has 0 fully saturated rings. The summed E-state index contributed by atoms with van der Waals surface area (Å²) < 4.78 is 11.7. The van der Waals surface area contributed by atoms with Gasteiger partial charge in [-0.05, 0) is 18.2 Å². The quantitative estimate of drug-likeness (QED) is 0.284. The van der Waals surface area contributed by atoms with Gasteiger partial charge in [-0.25, -0.2) is 4.79 Å². The monoisotopic (exact) mass is 408 g/mol. The van der Waals surface area contributed by atoms with E-state index in [0.717, 1.165) is 0 Å². The molecule has 0 N–H and O–H groups in total. The summed E-state index contributed by atoms with van der Waals surface area (Å²) in [4.78, 5) is 12.5. The number of carbonyl (C=O) groups excluding carboxylic acids is 1. The van der Waals surface area contributed by atoms with E-state index >= 15 is 0 Å². The molecule has 2 heterocycles. The number of carbonyl (C=O) groups is 1. The molecule has 7 heteroatoms. The third kappa shape index (κ3) is 3.18. The summed E-state index contributed by atoms with van der Waals surface area (Å²) in [5, 5.41) is 23.6. The van der Waals surface area contributed by atoms with E-state index in [-0.39, 0.29) is 126 Å². The average Bonchev–Trinajstić information content (AvgIpc) is 2.88. The molecular formula is C20H10K2O5. The van der Waals surface area contributed by atoms with Crippen molar-refractivity contribution in [2.45, 2.75) is 5.60 Å². The van der Waals surface area contributed by atoms with Crippen LogP contribution in [-0.2, 0) is 10.3 Å². The molecule has 0 unspecified atom stereocenters. The maximum Gasteiger partial charge on any atom is 1.00 e. The molecule has 0 bridgehead atoms. The molecule has 0 atom stereocenters. The largest absolute Gasteiger partial charge is 1.00 e. The van der Waals surface area contributed by atoms with E-state index in [1.807, 2.05) is 12.1 Å². The van der Waals surface area contributed by atoms with Gasteiger partial charge in [-0.3, -0.25) is 0 Å². The van der Waals surface area contributed by atoms with E-state index in [4.69, 9.17) is 9.47 Å². The molecule has 5 rings (SSSR count). The van der Waals surface area contributed by atoms with Gasteiger partial charge in [0.05, 0.1) is 5.56 Å². The molecule has 0 saturated carbocycles. The molecule has 2 aliphatic rings. The predicted molar refractivity (Wildman–Crippen MR) is 83.6 cm³/mol. The van der Waals surface area contributed by atoms with E-state index < -0.39 is 11.6 Å². The standard InChI is InChI=1S/C20H12O5.2K/c21-11-5-7-15-17(9-11)24-18-10-12(22)6-8-16(18)20(15)14-4-2-1-3-13(14)19(23)25-20;;/h1-10,21-22H;;/q;2*+1/p-2. The van der Waals surface area contributed by atoms with Crippen molar-refractivity contribution in [2.24, 2.45) is 0 Å². The van der Waals surface area contributed by atoms with Crippen molar-refractivity contribution in [2.75, 3.05) is 0 Å². The van der Waals surface area contributed by atoms with Crippen LogP contribution in [0.2, 0.25) is 0 Å². The molecule has 1 spiro atoms. The van der Waals surface area contributed by atoms with Crippen LogP contribution in [-0.4, -0.2) is 5.97 Å². The first-order valence-electron chi connectivity index (χ1n) is 7.73. The van der Waals surface area contributed by atoms with Crippen molar-refractivity contribution >= 4 is 5.97 Å². The second-order valence-corrected chi connectivity index (χ2v) is 6.03. The molecule has 5 nitrogen and oxygen atoms in total. The van der Waals surface area contributed by atoms with Gasteiger partial charge in [0.15, 0.2) is 5.60 Å². The van der Waals surface area contributed by atoms with Gasteiger partial charge in [0.2, 0.25) is 0 Å². The molecule has 0 radical (unpaired) electrons. The van der Waals surface area contributed by atoms with Gasteiger partial charge in [-0.1, -0.05) is 42.5 Å². The van der Waals surface area contributed by atoms with Gasteiger partial charge in [0, 0.05) is 16.7 Å². The SMILES string of the molecule is O=C1OC2(c3ccc([O-])cc3Oc3cc([O-])ccc32)c2ccccc21.[K+].[K+]. The van der Waals surface area contributed by atoms with Crippen LogP contribution in [0.25, 0.3) is 0 Å². The Bertz CT molecular complexity index is 1010. The zero-order valence-corrected chi connectivity index (χ0v) is 21.1. The average molecular weight is 408 g/mol. The summed E-state index contributed by atoms with van der Waals surface area (Å²) >= 11 is 0. The number of ether oxygens (including phenoxy) is 2. The minimum absolute atomic E-state index is 0. The molecule has 0 amide bonds. The summed E-state index contributed by atoms with van der Waals surface area (Å²) in [7, 11) is 0. The topological polar surface area (TPSA) is 81.7 Å². The van der Waals surface area contributed by atoms with Crippen LogP contribution in [0.1, 0.15) is 27.0 Å². The zero-order chi connectivity index (χ0) is 17.2. The van der Waals surface area contributed by atoms with Gasteiger partial charge in [0.25, 0.3) is 0 Å². The summed E-state index contributed by atoms with van der Waals surface area (Å²) in [6.45, 7) is 0. The fourth-order valence-corrected chi connectivity index (χ4v) is 3.64. The molecule has 27 heavy (non-hydrogen) atoms. The first-order chi connectivity index (χ1) is 12.1. The minimum atomic E-state index is -1.22. The summed E-state index contributed by atoms with van der Waals surface area (Å²) in [5.74, 6) is -0.335. The van der Waals surface area contributed by atoms with Crippen LogP contribution in [0.5, 0.6) is 23.0 Å². The Kier molecular flexibility index (Phi) is 6.30. The number of esters is 1. The Morgan fingerprint density at radius 1 is 0.741 bits per heavy atom. The first-order valence-corrected chi connectivity index (χ1v) is 7.73. The predicted octanol–water partition coefficient (Wildman–Crippen LogP) is -3.59. The van der Waals surface area contributed by atoms with Gasteiger partial charge in [0.1, 0.15) is 11.5 Å². The van der Waals surface area contributed by atoms with Gasteiger partial charge < -0.3 is 19.7 Å². The molecule has 0 aliphatic carbocycles. The maximum atomic E-state index is 12.5. The Hall–Kier alpha value is -0.197. The van der Waals surface area contributed by atoms with E-state index in [1.54, 1.807) is 24.3 Å². The fraction of sp³-hybridized carbons (Fsp3) is 0.0500. The van der Waals surface area contributed by atoms with Crippen molar-refractivity contribution in [3.05, 3.63) is 82.9 Å². The van der Waals surface area contributed by atoms with Gasteiger partial charge in [-0.2, -0.15) is 0 Å². The summed E-state index contributed by atoms with van der Waals surface area (Å²) in [6, 6.07) is 15.8. The number of benzene rings is 3. The van der Waals surface area contributed by atoms with Crippen LogP contribution < -0.4 is 118 Å². The first kappa shape index (κ1) is 21.5. The third-order valence-corrected chi connectivity index (χ3v) is 4.66. The Labute approximate surface area is 240 Å². The van der Waals surface area contributed by atoms with E-state index in [9.17, 15) is 15.0 Å². The number of rotatable bonds is 0. The Morgan fingerprint density at radius 2 is 1.30 bits per heavy atom. The van der Waals surface area contributed by atoms with E-state index in [1.165, 1.54) is 24.3 Å². The van der Waals surface area contributed by atoms with Crippen molar-refractivity contribution in [3.8, 4) is 23.0 Å². The third-order valence-electron chi connectivity index (χ3n) is 4.66. The van der Waals surface area contributed by atoms with Crippen molar-refractivity contribution in [1.82, 2.24) is 0 Å². The molecule has 0 saturated heterocycles. The van der Waals surface area contributed by atoms with E-state index in [0.29, 0.717) is 22.3 Å². The molecule has 3 aromatic carbocycles. The van der Waals surface area contributed by atoms with Crippen molar-refractivity contribution in [1.29, 1.82) is 0 Å². The summed E-state index contributed by atoms with van der Waals surface area (Å²) in [5.41, 5.74) is 1.03.